The molecule has 0 aliphatic heterocycles. The third-order valence-electron chi connectivity index (χ3n) is 3.23. The molecule has 5 heteroatoms. The summed E-state index contributed by atoms with van der Waals surface area (Å²) in [7, 11) is 0. The second-order valence-electron chi connectivity index (χ2n) is 6.63. The van der Waals surface area contributed by atoms with Crippen LogP contribution in [0.3, 0.4) is 0 Å². The van der Waals surface area contributed by atoms with E-state index in [-0.39, 0.29) is 17.4 Å². The molecule has 122 valence electrons. The third-order valence-corrected chi connectivity index (χ3v) is 4.17. The summed E-state index contributed by atoms with van der Waals surface area (Å²) in [4.78, 5) is 20.7. The molecule has 1 amide bonds. The molecular weight excluding hydrogens is 306 g/mol. The number of aromatic nitrogens is 2. The van der Waals surface area contributed by atoms with E-state index in [1.54, 1.807) is 12.4 Å². The molecule has 0 aliphatic rings. The Labute approximate surface area is 142 Å². The normalized spacial score (nSPS) is 12.7. The average molecular weight is 329 g/mol. The largest absolute Gasteiger partial charge is 0.348 e. The van der Waals surface area contributed by atoms with Gasteiger partial charge in [-0.2, -0.15) is 0 Å². The van der Waals surface area contributed by atoms with Crippen molar-refractivity contribution in [3.8, 4) is 0 Å². The highest BCUT2D eigenvalue weighted by atomic mass is 32.2. The highest BCUT2D eigenvalue weighted by molar-refractivity contribution is 7.99. The SMILES string of the molecule is CC(C)(C)C[C@@H](NC(=O)CSc1ccccn1)c1cccnc1. The number of thioether (sulfide) groups is 1. The van der Waals surface area contributed by atoms with Gasteiger partial charge >= 0.3 is 0 Å². The van der Waals surface area contributed by atoms with E-state index >= 15 is 0 Å². The molecule has 0 saturated carbocycles. The van der Waals surface area contributed by atoms with E-state index in [4.69, 9.17) is 0 Å². The van der Waals surface area contributed by atoms with Crippen molar-refractivity contribution in [1.82, 2.24) is 15.3 Å². The minimum atomic E-state index is -0.0273. The van der Waals surface area contributed by atoms with Crippen molar-refractivity contribution in [3.63, 3.8) is 0 Å². The van der Waals surface area contributed by atoms with Crippen molar-refractivity contribution in [2.45, 2.75) is 38.3 Å². The zero-order valence-corrected chi connectivity index (χ0v) is 14.6. The molecule has 0 bridgehead atoms. The van der Waals surface area contributed by atoms with Gasteiger partial charge in [-0.1, -0.05) is 44.7 Å². The lowest BCUT2D eigenvalue weighted by atomic mass is 9.86. The molecule has 23 heavy (non-hydrogen) atoms. The summed E-state index contributed by atoms with van der Waals surface area (Å²) in [5, 5.41) is 3.99. The lowest BCUT2D eigenvalue weighted by Gasteiger charge is -2.27. The van der Waals surface area contributed by atoms with Crippen molar-refractivity contribution in [2.75, 3.05) is 5.75 Å². The Morgan fingerprint density at radius 1 is 1.22 bits per heavy atom. The molecular formula is C18H23N3OS. The minimum absolute atomic E-state index is 0.0127. The molecule has 2 aromatic rings. The molecule has 4 nitrogen and oxygen atoms in total. The van der Waals surface area contributed by atoms with E-state index in [2.05, 4.69) is 36.1 Å². The van der Waals surface area contributed by atoms with Gasteiger partial charge in [0.2, 0.25) is 5.91 Å². The molecule has 0 fully saturated rings. The maximum Gasteiger partial charge on any atom is 0.230 e. The van der Waals surface area contributed by atoms with Gasteiger partial charge in [-0.3, -0.25) is 9.78 Å². The first-order chi connectivity index (χ1) is 10.9. The van der Waals surface area contributed by atoms with E-state index in [1.165, 1.54) is 11.8 Å². The second kappa shape index (κ2) is 8.11. The Bertz CT molecular complexity index is 611. The number of pyridine rings is 2. The van der Waals surface area contributed by atoms with E-state index in [0.717, 1.165) is 17.0 Å². The van der Waals surface area contributed by atoms with Crippen LogP contribution in [0.25, 0.3) is 0 Å². The predicted molar refractivity (Wildman–Crippen MR) is 94.2 cm³/mol. The minimum Gasteiger partial charge on any atom is -0.348 e. The summed E-state index contributed by atoms with van der Waals surface area (Å²) in [5.74, 6) is 0.372. The quantitative estimate of drug-likeness (QED) is 0.818. The number of hydrogen-bond acceptors (Lipinski definition) is 4. The fourth-order valence-corrected chi connectivity index (χ4v) is 2.93. The maximum absolute atomic E-state index is 12.3. The van der Waals surface area contributed by atoms with Crippen LogP contribution in [-0.2, 0) is 4.79 Å². The molecule has 1 N–H and O–H groups in total. The van der Waals surface area contributed by atoms with Crippen LogP contribution in [0.2, 0.25) is 0 Å². The van der Waals surface area contributed by atoms with Crippen LogP contribution < -0.4 is 5.32 Å². The van der Waals surface area contributed by atoms with Gasteiger partial charge in [0.1, 0.15) is 0 Å². The van der Waals surface area contributed by atoms with Crippen molar-refractivity contribution in [1.29, 1.82) is 0 Å². The Morgan fingerprint density at radius 2 is 2.04 bits per heavy atom. The topological polar surface area (TPSA) is 54.9 Å². The number of rotatable bonds is 6. The van der Waals surface area contributed by atoms with E-state index < -0.39 is 0 Å². The molecule has 2 aromatic heterocycles. The zero-order valence-electron chi connectivity index (χ0n) is 13.8. The summed E-state index contributed by atoms with van der Waals surface area (Å²) >= 11 is 1.44. The lowest BCUT2D eigenvalue weighted by molar-refractivity contribution is -0.119. The summed E-state index contributed by atoms with van der Waals surface area (Å²) in [6.07, 6.45) is 6.16. The van der Waals surface area contributed by atoms with Crippen LogP contribution in [0.5, 0.6) is 0 Å². The van der Waals surface area contributed by atoms with Crippen LogP contribution in [0.4, 0.5) is 0 Å². The highest BCUT2D eigenvalue weighted by Gasteiger charge is 2.22. The molecule has 1 atom stereocenters. The standard InChI is InChI=1S/C18H23N3OS/c1-18(2,3)11-15(14-7-6-9-19-12-14)21-16(22)13-23-17-8-4-5-10-20-17/h4-10,12,15H,11,13H2,1-3H3,(H,21,22)/t15-/m1/s1. The number of nitrogens with zero attached hydrogens (tertiary/aromatic N) is 2. The van der Waals surface area contributed by atoms with Crippen LogP contribution in [-0.4, -0.2) is 21.6 Å². The molecule has 0 unspecified atom stereocenters. The van der Waals surface area contributed by atoms with Crippen molar-refractivity contribution in [2.24, 2.45) is 5.41 Å². The van der Waals surface area contributed by atoms with Gasteiger partial charge < -0.3 is 5.32 Å². The number of carbonyl (C=O) groups excluding carboxylic acids is 1. The zero-order chi connectivity index (χ0) is 16.7. The van der Waals surface area contributed by atoms with Gasteiger partial charge in [-0.25, -0.2) is 4.98 Å². The summed E-state index contributed by atoms with van der Waals surface area (Å²) in [6.45, 7) is 6.52. The van der Waals surface area contributed by atoms with Crippen LogP contribution in [0.15, 0.2) is 53.9 Å². The number of nitrogens with one attached hydrogen (secondary N) is 1. The average Bonchev–Trinajstić information content (AvgIpc) is 2.53. The Kier molecular flexibility index (Phi) is 6.16. The third kappa shape index (κ3) is 6.40. The van der Waals surface area contributed by atoms with Crippen molar-refractivity contribution < 1.29 is 4.79 Å². The molecule has 2 rings (SSSR count). The Morgan fingerprint density at radius 3 is 2.65 bits per heavy atom. The van der Waals surface area contributed by atoms with Gasteiger partial charge in [-0.15, -0.1) is 0 Å². The molecule has 0 aromatic carbocycles. The highest BCUT2D eigenvalue weighted by Crippen LogP contribution is 2.29. The van der Waals surface area contributed by atoms with Crippen LogP contribution >= 0.6 is 11.8 Å². The van der Waals surface area contributed by atoms with E-state index in [0.29, 0.717) is 5.75 Å². The second-order valence-corrected chi connectivity index (χ2v) is 7.62. The fourth-order valence-electron chi connectivity index (χ4n) is 2.25. The number of hydrogen-bond donors (Lipinski definition) is 1. The van der Waals surface area contributed by atoms with Gasteiger partial charge in [0.05, 0.1) is 16.8 Å². The van der Waals surface area contributed by atoms with E-state index in [1.807, 2.05) is 36.5 Å². The first-order valence-corrected chi connectivity index (χ1v) is 8.66. The Hall–Kier alpha value is -1.88. The molecule has 2 heterocycles. The fraction of sp³-hybridized carbons (Fsp3) is 0.389. The monoisotopic (exact) mass is 329 g/mol. The first-order valence-electron chi connectivity index (χ1n) is 7.67. The molecule has 0 spiro atoms. The number of amides is 1. The predicted octanol–water partition coefficient (Wildman–Crippen LogP) is 3.86. The van der Waals surface area contributed by atoms with Gasteiger partial charge in [0.25, 0.3) is 0 Å². The Balaban J connectivity index is 1.98. The molecule has 0 aliphatic carbocycles. The number of carbonyl (C=O) groups is 1. The van der Waals surface area contributed by atoms with Crippen molar-refractivity contribution >= 4 is 17.7 Å². The molecule has 0 saturated heterocycles. The van der Waals surface area contributed by atoms with Crippen molar-refractivity contribution in [3.05, 3.63) is 54.5 Å². The molecule has 0 radical (unpaired) electrons. The lowest BCUT2D eigenvalue weighted by Crippen LogP contribution is -2.32. The maximum atomic E-state index is 12.3. The first kappa shape index (κ1) is 17.5. The summed E-state index contributed by atoms with van der Waals surface area (Å²) < 4.78 is 0. The van der Waals surface area contributed by atoms with Gasteiger partial charge in [0, 0.05) is 18.6 Å². The van der Waals surface area contributed by atoms with Gasteiger partial charge in [0.15, 0.2) is 0 Å². The smallest absolute Gasteiger partial charge is 0.230 e. The van der Waals surface area contributed by atoms with Gasteiger partial charge in [-0.05, 0) is 35.6 Å². The summed E-state index contributed by atoms with van der Waals surface area (Å²) in [6, 6.07) is 9.58. The van der Waals surface area contributed by atoms with E-state index in [9.17, 15) is 4.79 Å². The summed E-state index contributed by atoms with van der Waals surface area (Å²) in [5.41, 5.74) is 1.15. The van der Waals surface area contributed by atoms with Crippen LogP contribution in [0.1, 0.15) is 38.8 Å². The van der Waals surface area contributed by atoms with Crippen LogP contribution in [0, 0.1) is 5.41 Å².